The molecule has 1 N–H and O–H groups in total. The average Bonchev–Trinajstić information content (AvgIpc) is 2.15. The second-order valence-corrected chi connectivity index (χ2v) is 4.02. The predicted octanol–water partition coefficient (Wildman–Crippen LogP) is 1.57. The number of halogens is 3. The van der Waals surface area contributed by atoms with Crippen molar-refractivity contribution in [3.63, 3.8) is 0 Å². The van der Waals surface area contributed by atoms with Crippen molar-refractivity contribution >= 4 is 6.09 Å². The van der Waals surface area contributed by atoms with Crippen molar-refractivity contribution in [2.24, 2.45) is 5.92 Å². The molecule has 16 heavy (non-hydrogen) atoms. The molecule has 0 unspecified atom stereocenters. The number of amides is 1. The van der Waals surface area contributed by atoms with E-state index in [0.717, 1.165) is 4.90 Å². The highest BCUT2D eigenvalue weighted by molar-refractivity contribution is 5.68. The first-order chi connectivity index (χ1) is 7.31. The third-order valence-electron chi connectivity index (χ3n) is 2.49. The van der Waals surface area contributed by atoms with Crippen molar-refractivity contribution in [1.82, 2.24) is 10.2 Å². The largest absolute Gasteiger partial charge is 0.576 e. The van der Waals surface area contributed by atoms with Crippen LogP contribution in [0.25, 0.3) is 0 Å². The van der Waals surface area contributed by atoms with Crippen LogP contribution in [0, 0.1) is 5.92 Å². The van der Waals surface area contributed by atoms with Crippen LogP contribution in [0.3, 0.4) is 0 Å². The lowest BCUT2D eigenvalue weighted by molar-refractivity contribution is -0.295. The second-order valence-electron chi connectivity index (χ2n) is 4.02. The van der Waals surface area contributed by atoms with E-state index in [0.29, 0.717) is 13.1 Å². The molecular weight excluding hydrogens is 225 g/mol. The van der Waals surface area contributed by atoms with Gasteiger partial charge in [0.15, 0.2) is 0 Å². The van der Waals surface area contributed by atoms with E-state index in [1.165, 1.54) is 0 Å². The van der Waals surface area contributed by atoms with Gasteiger partial charge in [0.2, 0.25) is 0 Å². The molecule has 1 aliphatic rings. The summed E-state index contributed by atoms with van der Waals surface area (Å²) in [5, 5.41) is 3.03. The molecule has 4 nitrogen and oxygen atoms in total. The summed E-state index contributed by atoms with van der Waals surface area (Å²) in [5.74, 6) is 0.0774. The zero-order valence-corrected chi connectivity index (χ0v) is 9.17. The Balaban J connectivity index is 2.64. The second kappa shape index (κ2) is 4.90. The fraction of sp³-hybridized carbons (Fsp3) is 0.889. The number of hydrogen-bond acceptors (Lipinski definition) is 3. The van der Waals surface area contributed by atoms with Gasteiger partial charge in [-0.05, 0) is 5.92 Å². The number of carbonyl (C=O) groups is 1. The summed E-state index contributed by atoms with van der Waals surface area (Å²) >= 11 is 0. The van der Waals surface area contributed by atoms with Gasteiger partial charge in [0.1, 0.15) is 0 Å². The van der Waals surface area contributed by atoms with Gasteiger partial charge in [-0.2, -0.15) is 0 Å². The first-order valence-electron chi connectivity index (χ1n) is 5.08. The highest BCUT2D eigenvalue weighted by Gasteiger charge is 2.39. The van der Waals surface area contributed by atoms with E-state index in [9.17, 15) is 18.0 Å². The lowest BCUT2D eigenvalue weighted by atomic mass is 10.0. The van der Waals surface area contributed by atoms with Crippen LogP contribution in [-0.2, 0) is 4.74 Å². The summed E-state index contributed by atoms with van der Waals surface area (Å²) in [7, 11) is 0. The van der Waals surface area contributed by atoms with Crippen LogP contribution >= 0.6 is 0 Å². The molecule has 1 heterocycles. The number of carbonyl (C=O) groups excluding carboxylic acids is 1. The summed E-state index contributed by atoms with van der Waals surface area (Å²) in [6, 6.07) is -0.261. The van der Waals surface area contributed by atoms with Crippen molar-refractivity contribution in [2.75, 3.05) is 19.6 Å². The van der Waals surface area contributed by atoms with E-state index in [-0.39, 0.29) is 18.5 Å². The molecule has 1 rings (SSSR count). The molecule has 0 radical (unpaired) electrons. The number of ether oxygens (including phenoxy) is 1. The lowest BCUT2D eigenvalue weighted by Crippen LogP contribution is -2.56. The zero-order chi connectivity index (χ0) is 12.3. The Morgan fingerprint density at radius 2 is 2.12 bits per heavy atom. The maximum Gasteiger partial charge on any atom is 0.576 e. The van der Waals surface area contributed by atoms with Gasteiger partial charge in [-0.25, -0.2) is 4.79 Å². The molecule has 1 fully saturated rings. The molecule has 0 aromatic rings. The molecule has 1 aliphatic heterocycles. The van der Waals surface area contributed by atoms with E-state index in [4.69, 9.17) is 0 Å². The summed E-state index contributed by atoms with van der Waals surface area (Å²) in [6.45, 7) is 4.91. The standard InChI is InChI=1S/C9H15F3N2O2/c1-6(2)7-5-13-3-4-14(7)8(15)16-9(10,11)12/h6-7,13H,3-5H2,1-2H3/t7-/m0/s1. The van der Waals surface area contributed by atoms with Gasteiger partial charge in [-0.3, -0.25) is 0 Å². The predicted molar refractivity (Wildman–Crippen MR) is 50.7 cm³/mol. The van der Waals surface area contributed by atoms with Gasteiger partial charge in [-0.15, -0.1) is 13.2 Å². The Kier molecular flexibility index (Phi) is 4.01. The van der Waals surface area contributed by atoms with Crippen LogP contribution in [-0.4, -0.2) is 43.0 Å². The summed E-state index contributed by atoms with van der Waals surface area (Å²) in [6.07, 6.45) is -6.23. The van der Waals surface area contributed by atoms with Crippen LogP contribution in [0.4, 0.5) is 18.0 Å². The highest BCUT2D eigenvalue weighted by Crippen LogP contribution is 2.21. The van der Waals surface area contributed by atoms with Crippen molar-refractivity contribution < 1.29 is 22.7 Å². The molecule has 94 valence electrons. The fourth-order valence-electron chi connectivity index (χ4n) is 1.71. The van der Waals surface area contributed by atoms with Gasteiger partial charge in [-0.1, -0.05) is 13.8 Å². The van der Waals surface area contributed by atoms with Crippen LogP contribution in [0.15, 0.2) is 0 Å². The fourth-order valence-corrected chi connectivity index (χ4v) is 1.71. The Morgan fingerprint density at radius 3 is 2.62 bits per heavy atom. The van der Waals surface area contributed by atoms with Crippen LogP contribution in [0.1, 0.15) is 13.8 Å². The number of alkyl halides is 3. The van der Waals surface area contributed by atoms with E-state index < -0.39 is 12.5 Å². The Bertz CT molecular complexity index is 256. The SMILES string of the molecule is CC(C)[C@@H]1CNCCN1C(=O)OC(F)(F)F. The van der Waals surface area contributed by atoms with Crippen molar-refractivity contribution in [3.05, 3.63) is 0 Å². The van der Waals surface area contributed by atoms with Crippen molar-refractivity contribution in [1.29, 1.82) is 0 Å². The van der Waals surface area contributed by atoms with Crippen molar-refractivity contribution in [3.8, 4) is 0 Å². The topological polar surface area (TPSA) is 41.6 Å². The molecule has 7 heteroatoms. The van der Waals surface area contributed by atoms with Crippen LogP contribution in [0.5, 0.6) is 0 Å². The van der Waals surface area contributed by atoms with E-state index >= 15 is 0 Å². The summed E-state index contributed by atoms with van der Waals surface area (Å²) in [4.78, 5) is 12.4. The number of nitrogens with one attached hydrogen (secondary N) is 1. The molecule has 1 atom stereocenters. The van der Waals surface area contributed by atoms with Gasteiger partial charge in [0.25, 0.3) is 0 Å². The Morgan fingerprint density at radius 1 is 1.50 bits per heavy atom. The van der Waals surface area contributed by atoms with E-state index in [1.54, 1.807) is 0 Å². The molecule has 0 spiro atoms. The normalized spacial score (nSPS) is 22.4. The minimum absolute atomic E-state index is 0.0774. The Hall–Kier alpha value is -0.980. The number of piperazine rings is 1. The summed E-state index contributed by atoms with van der Waals surface area (Å²) < 4.78 is 39.1. The summed E-state index contributed by atoms with van der Waals surface area (Å²) in [5.41, 5.74) is 0. The van der Waals surface area contributed by atoms with Crippen LogP contribution in [0.2, 0.25) is 0 Å². The number of hydrogen-bond donors (Lipinski definition) is 1. The smallest absolute Gasteiger partial charge is 0.356 e. The molecule has 1 amide bonds. The molecule has 0 aromatic carbocycles. The minimum atomic E-state index is -4.91. The molecule has 0 bridgehead atoms. The molecule has 0 aromatic heterocycles. The molecule has 0 saturated carbocycles. The maximum atomic E-state index is 11.9. The zero-order valence-electron chi connectivity index (χ0n) is 9.17. The first-order valence-corrected chi connectivity index (χ1v) is 5.08. The highest BCUT2D eigenvalue weighted by atomic mass is 19.4. The van der Waals surface area contributed by atoms with Crippen molar-refractivity contribution in [2.45, 2.75) is 26.3 Å². The van der Waals surface area contributed by atoms with Crippen LogP contribution < -0.4 is 5.32 Å². The number of rotatable bonds is 1. The Labute approximate surface area is 91.7 Å². The van der Waals surface area contributed by atoms with E-state index in [2.05, 4.69) is 10.1 Å². The lowest BCUT2D eigenvalue weighted by Gasteiger charge is -2.37. The van der Waals surface area contributed by atoms with Gasteiger partial charge in [0, 0.05) is 25.7 Å². The first kappa shape index (κ1) is 13.1. The molecule has 0 aliphatic carbocycles. The molecule has 1 saturated heterocycles. The quantitative estimate of drug-likeness (QED) is 0.756. The molecular formula is C9H15F3N2O2. The van der Waals surface area contributed by atoms with E-state index in [1.807, 2.05) is 13.8 Å². The third kappa shape index (κ3) is 3.55. The third-order valence-corrected chi connectivity index (χ3v) is 2.49. The monoisotopic (exact) mass is 240 g/mol. The van der Waals surface area contributed by atoms with Gasteiger partial charge >= 0.3 is 12.5 Å². The maximum absolute atomic E-state index is 11.9. The average molecular weight is 240 g/mol. The van der Waals surface area contributed by atoms with Gasteiger partial charge < -0.3 is 15.0 Å². The minimum Gasteiger partial charge on any atom is -0.356 e. The van der Waals surface area contributed by atoms with Gasteiger partial charge in [0.05, 0.1) is 0 Å². The number of nitrogens with zero attached hydrogens (tertiary/aromatic N) is 1.